The van der Waals surface area contributed by atoms with Gasteiger partial charge in [-0.1, -0.05) is 0 Å². The van der Waals surface area contributed by atoms with Gasteiger partial charge < -0.3 is 9.84 Å². The van der Waals surface area contributed by atoms with Gasteiger partial charge in [0.2, 0.25) is 0 Å². The highest BCUT2D eigenvalue weighted by Gasteiger charge is 2.41. The predicted molar refractivity (Wildman–Crippen MR) is 64.8 cm³/mol. The molecule has 16 heavy (non-hydrogen) atoms. The number of hydrogen-bond acceptors (Lipinski definition) is 2. The molecule has 0 aliphatic heterocycles. The average molecular weight is 220 g/mol. The maximum Gasteiger partial charge on any atom is 0.124 e. The smallest absolute Gasteiger partial charge is 0.124 e. The molecule has 1 atom stereocenters. The highest BCUT2D eigenvalue weighted by Crippen LogP contribution is 2.46. The van der Waals surface area contributed by atoms with Gasteiger partial charge in [-0.15, -0.1) is 0 Å². The topological polar surface area (TPSA) is 29.5 Å². The van der Waals surface area contributed by atoms with E-state index in [1.165, 1.54) is 0 Å². The molecule has 0 radical (unpaired) electrons. The van der Waals surface area contributed by atoms with Crippen LogP contribution in [0.2, 0.25) is 0 Å². The summed E-state index contributed by atoms with van der Waals surface area (Å²) in [5, 5.41) is 10.5. The third-order valence-electron chi connectivity index (χ3n) is 3.62. The second-order valence-electron chi connectivity index (χ2n) is 5.07. The van der Waals surface area contributed by atoms with Crippen molar-refractivity contribution in [2.45, 2.75) is 39.2 Å². The first kappa shape index (κ1) is 11.5. The van der Waals surface area contributed by atoms with Crippen molar-refractivity contribution >= 4 is 0 Å². The molecule has 88 valence electrons. The van der Waals surface area contributed by atoms with Crippen LogP contribution in [0.3, 0.4) is 0 Å². The Morgan fingerprint density at radius 1 is 1.25 bits per heavy atom. The van der Waals surface area contributed by atoms with Gasteiger partial charge in [0.15, 0.2) is 0 Å². The molecular formula is C14H20O2. The van der Waals surface area contributed by atoms with Gasteiger partial charge in [0.1, 0.15) is 5.75 Å². The summed E-state index contributed by atoms with van der Waals surface area (Å²) >= 11 is 0. The zero-order valence-electron chi connectivity index (χ0n) is 10.5. The zero-order chi connectivity index (χ0) is 11.9. The molecule has 1 aromatic rings. The Bertz CT molecular complexity index is 380. The van der Waals surface area contributed by atoms with Gasteiger partial charge in [0, 0.05) is 0 Å². The largest absolute Gasteiger partial charge is 0.496 e. The van der Waals surface area contributed by atoms with E-state index in [4.69, 9.17) is 4.74 Å². The Kier molecular flexibility index (Phi) is 2.70. The minimum Gasteiger partial charge on any atom is -0.496 e. The van der Waals surface area contributed by atoms with Crippen LogP contribution in [0.4, 0.5) is 0 Å². The molecular weight excluding hydrogens is 200 g/mol. The number of hydrogen-bond donors (Lipinski definition) is 1. The van der Waals surface area contributed by atoms with Crippen molar-refractivity contribution in [1.82, 2.24) is 0 Å². The molecule has 2 heteroatoms. The van der Waals surface area contributed by atoms with Crippen LogP contribution in [-0.2, 0) is 5.60 Å². The van der Waals surface area contributed by atoms with Crippen molar-refractivity contribution in [1.29, 1.82) is 0 Å². The number of aryl methyl sites for hydroxylation is 2. The van der Waals surface area contributed by atoms with Crippen LogP contribution in [0.25, 0.3) is 0 Å². The lowest BCUT2D eigenvalue weighted by Crippen LogP contribution is -2.24. The standard InChI is InChI=1S/C14H20O2/c1-9-7-12(8-10(2)13(9)16-4)14(3,15)11-5-6-11/h7-8,11,15H,5-6H2,1-4H3/t14-/m1/s1. The molecule has 0 spiro atoms. The molecule has 2 nitrogen and oxygen atoms in total. The highest BCUT2D eigenvalue weighted by atomic mass is 16.5. The average Bonchev–Trinajstić information content (AvgIpc) is 3.00. The fraction of sp³-hybridized carbons (Fsp3) is 0.571. The van der Waals surface area contributed by atoms with E-state index >= 15 is 0 Å². The zero-order valence-corrected chi connectivity index (χ0v) is 10.5. The summed E-state index contributed by atoms with van der Waals surface area (Å²) < 4.78 is 5.34. The fourth-order valence-electron chi connectivity index (χ4n) is 2.45. The van der Waals surface area contributed by atoms with Crippen molar-refractivity contribution < 1.29 is 9.84 Å². The maximum atomic E-state index is 10.5. The number of benzene rings is 1. The van der Waals surface area contributed by atoms with Crippen molar-refractivity contribution in [2.75, 3.05) is 7.11 Å². The highest BCUT2D eigenvalue weighted by molar-refractivity contribution is 5.45. The number of rotatable bonds is 3. The molecule has 0 aromatic heterocycles. The summed E-state index contributed by atoms with van der Waals surface area (Å²) in [5.74, 6) is 1.36. The third-order valence-corrected chi connectivity index (χ3v) is 3.62. The Hall–Kier alpha value is -1.02. The number of aliphatic hydroxyl groups is 1. The molecule has 2 rings (SSSR count). The van der Waals surface area contributed by atoms with E-state index in [1.54, 1.807) is 7.11 Å². The number of ether oxygens (including phenoxy) is 1. The van der Waals surface area contributed by atoms with Crippen LogP contribution in [0.1, 0.15) is 36.5 Å². The van der Waals surface area contributed by atoms with Gasteiger partial charge in [0.05, 0.1) is 12.7 Å². The Balaban J connectivity index is 2.43. The lowest BCUT2D eigenvalue weighted by atomic mass is 9.88. The lowest BCUT2D eigenvalue weighted by molar-refractivity contribution is 0.0329. The molecule has 1 aliphatic rings. The molecule has 1 N–H and O–H groups in total. The van der Waals surface area contributed by atoms with Crippen molar-refractivity contribution in [3.05, 3.63) is 28.8 Å². The van der Waals surface area contributed by atoms with E-state index in [9.17, 15) is 5.11 Å². The molecule has 1 fully saturated rings. The van der Waals surface area contributed by atoms with Gasteiger partial charge >= 0.3 is 0 Å². The molecule has 1 saturated carbocycles. The molecule has 0 heterocycles. The third kappa shape index (κ3) is 1.82. The maximum absolute atomic E-state index is 10.5. The Morgan fingerprint density at radius 3 is 2.12 bits per heavy atom. The van der Waals surface area contributed by atoms with Crippen LogP contribution < -0.4 is 4.74 Å². The first-order valence-electron chi connectivity index (χ1n) is 5.85. The summed E-state index contributed by atoms with van der Waals surface area (Å²) in [5.41, 5.74) is 2.53. The van der Waals surface area contributed by atoms with Crippen LogP contribution in [-0.4, -0.2) is 12.2 Å². The monoisotopic (exact) mass is 220 g/mol. The normalized spacial score (nSPS) is 19.3. The summed E-state index contributed by atoms with van der Waals surface area (Å²) in [6.07, 6.45) is 2.27. The number of methoxy groups -OCH3 is 1. The first-order chi connectivity index (χ1) is 7.46. The van der Waals surface area contributed by atoms with Crippen molar-refractivity contribution in [3.8, 4) is 5.75 Å². The quantitative estimate of drug-likeness (QED) is 0.848. The Morgan fingerprint density at radius 2 is 1.75 bits per heavy atom. The van der Waals surface area contributed by atoms with Gasteiger partial charge in [0.25, 0.3) is 0 Å². The van der Waals surface area contributed by atoms with Gasteiger partial charge in [-0.25, -0.2) is 0 Å². The SMILES string of the molecule is COc1c(C)cc([C@](C)(O)C2CC2)cc1C. The van der Waals surface area contributed by atoms with Gasteiger partial charge in [-0.3, -0.25) is 0 Å². The van der Waals surface area contributed by atoms with Crippen LogP contribution in [0, 0.1) is 19.8 Å². The van der Waals surface area contributed by atoms with Crippen LogP contribution in [0.5, 0.6) is 5.75 Å². The second-order valence-corrected chi connectivity index (χ2v) is 5.07. The minimum atomic E-state index is -0.679. The molecule has 1 aliphatic carbocycles. The van der Waals surface area contributed by atoms with Crippen LogP contribution >= 0.6 is 0 Å². The van der Waals surface area contributed by atoms with E-state index in [0.717, 1.165) is 35.3 Å². The Labute approximate surface area is 97.3 Å². The van der Waals surface area contributed by atoms with Crippen molar-refractivity contribution in [3.63, 3.8) is 0 Å². The second kappa shape index (κ2) is 3.77. The summed E-state index contributed by atoms with van der Waals surface area (Å²) in [6.45, 7) is 5.97. The first-order valence-corrected chi connectivity index (χ1v) is 5.85. The van der Waals surface area contributed by atoms with E-state index in [2.05, 4.69) is 0 Å². The molecule has 0 unspecified atom stereocenters. The molecule has 0 amide bonds. The van der Waals surface area contributed by atoms with Crippen molar-refractivity contribution in [2.24, 2.45) is 5.92 Å². The summed E-state index contributed by atoms with van der Waals surface area (Å²) in [4.78, 5) is 0. The predicted octanol–water partition coefficient (Wildman–Crippen LogP) is 2.93. The fourth-order valence-corrected chi connectivity index (χ4v) is 2.45. The molecule has 0 saturated heterocycles. The molecule has 1 aromatic carbocycles. The van der Waals surface area contributed by atoms with Crippen LogP contribution in [0.15, 0.2) is 12.1 Å². The van der Waals surface area contributed by atoms with Gasteiger partial charge in [-0.2, -0.15) is 0 Å². The van der Waals surface area contributed by atoms with E-state index in [0.29, 0.717) is 5.92 Å². The lowest BCUT2D eigenvalue weighted by Gasteiger charge is -2.25. The molecule has 0 bridgehead atoms. The van der Waals surface area contributed by atoms with E-state index < -0.39 is 5.60 Å². The summed E-state index contributed by atoms with van der Waals surface area (Å²) in [7, 11) is 1.69. The summed E-state index contributed by atoms with van der Waals surface area (Å²) in [6, 6.07) is 4.09. The van der Waals surface area contributed by atoms with E-state index in [1.807, 2.05) is 32.9 Å². The van der Waals surface area contributed by atoms with Gasteiger partial charge in [-0.05, 0) is 68.4 Å². The van der Waals surface area contributed by atoms with E-state index in [-0.39, 0.29) is 0 Å². The minimum absolute atomic E-state index is 0.430.